The van der Waals surface area contributed by atoms with Crippen molar-refractivity contribution in [2.45, 2.75) is 32.9 Å². The summed E-state index contributed by atoms with van der Waals surface area (Å²) in [5.74, 6) is 1.08. The van der Waals surface area contributed by atoms with Crippen LogP contribution in [0.1, 0.15) is 36.8 Å². The third-order valence-electron chi connectivity index (χ3n) is 3.88. The van der Waals surface area contributed by atoms with Crippen molar-refractivity contribution in [1.29, 1.82) is 0 Å². The first kappa shape index (κ1) is 17.7. The number of anilines is 1. The van der Waals surface area contributed by atoms with Crippen LogP contribution in [-0.4, -0.2) is 37.9 Å². The number of nitrogens with one attached hydrogen (secondary N) is 1. The Morgan fingerprint density at radius 2 is 2.19 bits per heavy atom. The molecule has 0 bridgehead atoms. The predicted molar refractivity (Wildman–Crippen MR) is 96.6 cm³/mol. The lowest BCUT2D eigenvalue weighted by Gasteiger charge is -2.17. The second-order valence-electron chi connectivity index (χ2n) is 6.45. The first-order valence-electron chi connectivity index (χ1n) is 8.40. The molecular weight excluding hydrogens is 332 g/mol. The number of benzene rings is 1. The number of carbonyl (C=O) groups is 1. The van der Waals surface area contributed by atoms with Gasteiger partial charge in [0, 0.05) is 24.7 Å². The molecule has 0 atom stereocenters. The van der Waals surface area contributed by atoms with Crippen LogP contribution in [0.4, 0.5) is 10.5 Å². The maximum atomic E-state index is 12.4. The van der Waals surface area contributed by atoms with Crippen LogP contribution in [0.15, 0.2) is 47.5 Å². The third-order valence-corrected chi connectivity index (χ3v) is 3.88. The summed E-state index contributed by atoms with van der Waals surface area (Å²) in [5.41, 5.74) is 2.47. The molecule has 3 rings (SSSR count). The second-order valence-corrected chi connectivity index (χ2v) is 6.45. The molecule has 0 unspecified atom stereocenters. The number of nitrogens with zero attached hydrogens (tertiary/aromatic N) is 5. The Balaban J connectivity index is 1.59. The maximum absolute atomic E-state index is 12.4. The number of amides is 2. The molecule has 2 aromatic heterocycles. The molecule has 0 saturated carbocycles. The van der Waals surface area contributed by atoms with Crippen LogP contribution >= 0.6 is 0 Å². The fourth-order valence-electron chi connectivity index (χ4n) is 2.46. The van der Waals surface area contributed by atoms with E-state index in [1.54, 1.807) is 23.0 Å². The average Bonchev–Trinajstić information content (AvgIpc) is 3.27. The lowest BCUT2D eigenvalue weighted by molar-refractivity contribution is 0.219. The zero-order valence-corrected chi connectivity index (χ0v) is 15.1. The van der Waals surface area contributed by atoms with Gasteiger partial charge in [-0.05, 0) is 17.7 Å². The number of aromatic nitrogens is 4. The molecule has 0 aliphatic rings. The van der Waals surface area contributed by atoms with Crippen LogP contribution < -0.4 is 5.32 Å². The number of urea groups is 1. The van der Waals surface area contributed by atoms with Crippen LogP contribution in [0.2, 0.25) is 0 Å². The number of hydrogen-bond donors (Lipinski definition) is 1. The zero-order chi connectivity index (χ0) is 18.5. The SMILES string of the molecule is CC(C)c1cc(CN(C)C(=O)Nc2cccc(Cn3cncn3)c2)no1. The molecule has 2 heterocycles. The molecule has 0 aliphatic carbocycles. The molecule has 1 aromatic carbocycles. The molecule has 8 heteroatoms. The van der Waals surface area contributed by atoms with Gasteiger partial charge in [0.25, 0.3) is 0 Å². The number of carbonyl (C=O) groups excluding carboxylic acids is 1. The van der Waals surface area contributed by atoms with Gasteiger partial charge >= 0.3 is 6.03 Å². The molecule has 0 saturated heterocycles. The quantitative estimate of drug-likeness (QED) is 0.735. The van der Waals surface area contributed by atoms with Gasteiger partial charge in [-0.3, -0.25) is 0 Å². The standard InChI is InChI=1S/C18H22N6O2/c1-13(2)17-8-16(22-26-17)10-23(3)18(25)21-15-6-4-5-14(7-15)9-24-12-19-11-20-24/h4-8,11-13H,9-10H2,1-3H3,(H,21,25). The summed E-state index contributed by atoms with van der Waals surface area (Å²) in [4.78, 5) is 17.9. The van der Waals surface area contributed by atoms with Gasteiger partial charge in [-0.1, -0.05) is 31.1 Å². The minimum absolute atomic E-state index is 0.211. The summed E-state index contributed by atoms with van der Waals surface area (Å²) in [6, 6.07) is 9.31. The first-order chi connectivity index (χ1) is 12.5. The Morgan fingerprint density at radius 3 is 2.88 bits per heavy atom. The lowest BCUT2D eigenvalue weighted by Crippen LogP contribution is -2.31. The van der Waals surface area contributed by atoms with E-state index in [0.29, 0.717) is 13.1 Å². The van der Waals surface area contributed by atoms with Crippen LogP contribution in [0, 0.1) is 0 Å². The molecule has 2 amide bonds. The Hall–Kier alpha value is -3.16. The van der Waals surface area contributed by atoms with Gasteiger partial charge in [-0.15, -0.1) is 0 Å². The van der Waals surface area contributed by atoms with Crippen molar-refractivity contribution in [3.63, 3.8) is 0 Å². The smallest absolute Gasteiger partial charge is 0.321 e. The first-order valence-corrected chi connectivity index (χ1v) is 8.40. The van der Waals surface area contributed by atoms with Crippen LogP contribution in [-0.2, 0) is 13.1 Å². The Bertz CT molecular complexity index is 856. The monoisotopic (exact) mass is 354 g/mol. The topological polar surface area (TPSA) is 89.1 Å². The van der Waals surface area contributed by atoms with E-state index in [4.69, 9.17) is 4.52 Å². The predicted octanol–water partition coefficient (Wildman–Crippen LogP) is 3.10. The van der Waals surface area contributed by atoms with Crippen molar-refractivity contribution in [2.75, 3.05) is 12.4 Å². The second kappa shape index (κ2) is 7.81. The summed E-state index contributed by atoms with van der Waals surface area (Å²) < 4.78 is 7.00. The van der Waals surface area contributed by atoms with Crippen molar-refractivity contribution in [3.05, 3.63) is 60.0 Å². The molecule has 1 N–H and O–H groups in total. The lowest BCUT2D eigenvalue weighted by atomic mass is 10.1. The highest BCUT2D eigenvalue weighted by Gasteiger charge is 2.14. The molecular formula is C18H22N6O2. The van der Waals surface area contributed by atoms with E-state index in [1.165, 1.54) is 6.33 Å². The van der Waals surface area contributed by atoms with Crippen LogP contribution in [0.5, 0.6) is 0 Å². The maximum Gasteiger partial charge on any atom is 0.321 e. The minimum atomic E-state index is -0.211. The highest BCUT2D eigenvalue weighted by molar-refractivity contribution is 5.89. The van der Waals surface area contributed by atoms with Crippen molar-refractivity contribution in [2.24, 2.45) is 0 Å². The summed E-state index contributed by atoms with van der Waals surface area (Å²) in [5, 5.41) is 11.0. The summed E-state index contributed by atoms with van der Waals surface area (Å²) in [7, 11) is 1.72. The molecule has 26 heavy (non-hydrogen) atoms. The van der Waals surface area contributed by atoms with Gasteiger partial charge in [-0.2, -0.15) is 5.10 Å². The minimum Gasteiger partial charge on any atom is -0.361 e. The highest BCUT2D eigenvalue weighted by atomic mass is 16.5. The molecule has 136 valence electrons. The van der Waals surface area contributed by atoms with Crippen molar-refractivity contribution < 1.29 is 9.32 Å². The van der Waals surface area contributed by atoms with E-state index < -0.39 is 0 Å². The molecule has 0 fully saturated rings. The van der Waals surface area contributed by atoms with Crippen molar-refractivity contribution in [3.8, 4) is 0 Å². The van der Waals surface area contributed by atoms with Gasteiger partial charge in [0.05, 0.1) is 13.1 Å². The van der Waals surface area contributed by atoms with Gasteiger partial charge in [0.2, 0.25) is 0 Å². The normalized spacial score (nSPS) is 10.9. The van der Waals surface area contributed by atoms with Gasteiger partial charge in [-0.25, -0.2) is 14.5 Å². The molecule has 3 aromatic rings. The highest BCUT2D eigenvalue weighted by Crippen LogP contribution is 2.16. The van der Waals surface area contributed by atoms with Gasteiger partial charge in [0.1, 0.15) is 24.1 Å². The molecule has 0 aliphatic heterocycles. The summed E-state index contributed by atoms with van der Waals surface area (Å²) in [6.45, 7) is 5.04. The summed E-state index contributed by atoms with van der Waals surface area (Å²) in [6.07, 6.45) is 3.15. The average molecular weight is 354 g/mol. The van der Waals surface area contributed by atoms with E-state index in [-0.39, 0.29) is 11.9 Å². The van der Waals surface area contributed by atoms with E-state index in [9.17, 15) is 4.79 Å². The van der Waals surface area contributed by atoms with Gasteiger partial charge < -0.3 is 14.7 Å². The summed E-state index contributed by atoms with van der Waals surface area (Å²) >= 11 is 0. The largest absolute Gasteiger partial charge is 0.361 e. The molecule has 0 radical (unpaired) electrons. The van der Waals surface area contributed by atoms with Gasteiger partial charge in [0.15, 0.2) is 0 Å². The fraction of sp³-hybridized carbons (Fsp3) is 0.333. The van der Waals surface area contributed by atoms with Crippen molar-refractivity contribution >= 4 is 11.7 Å². The van der Waals surface area contributed by atoms with E-state index in [1.807, 2.05) is 44.2 Å². The fourth-order valence-corrected chi connectivity index (χ4v) is 2.46. The number of hydrogen-bond acceptors (Lipinski definition) is 5. The zero-order valence-electron chi connectivity index (χ0n) is 15.1. The Labute approximate surface area is 151 Å². The van der Waals surface area contributed by atoms with Crippen LogP contribution in [0.25, 0.3) is 0 Å². The van der Waals surface area contributed by atoms with E-state index in [0.717, 1.165) is 22.7 Å². The molecule has 0 spiro atoms. The Morgan fingerprint density at radius 1 is 1.35 bits per heavy atom. The Kier molecular flexibility index (Phi) is 5.31. The number of rotatable bonds is 6. The van der Waals surface area contributed by atoms with Crippen LogP contribution in [0.3, 0.4) is 0 Å². The molecule has 8 nitrogen and oxygen atoms in total. The third kappa shape index (κ3) is 4.47. The van der Waals surface area contributed by atoms with Crippen molar-refractivity contribution in [1.82, 2.24) is 24.8 Å². The van der Waals surface area contributed by atoms with E-state index >= 15 is 0 Å². The van der Waals surface area contributed by atoms with E-state index in [2.05, 4.69) is 20.6 Å².